The number of piperidine rings is 1. The van der Waals surface area contributed by atoms with Crippen LogP contribution in [0.3, 0.4) is 0 Å². The van der Waals surface area contributed by atoms with Crippen molar-refractivity contribution in [2.24, 2.45) is 17.8 Å². The number of hydrogen-bond acceptors (Lipinski definition) is 2. The van der Waals surface area contributed by atoms with Crippen molar-refractivity contribution in [1.82, 2.24) is 4.90 Å². The Morgan fingerprint density at radius 1 is 1.17 bits per heavy atom. The standard InChI is InChI=1S/C15H27NO2/c1-10-5-4-6-14(12(10)3)16-8-7-13(15(17)18)9-11(16)2/h10-14H,4-9H2,1-3H3,(H,17,18). The minimum atomic E-state index is -0.605. The Bertz CT molecular complexity index is 305. The summed E-state index contributed by atoms with van der Waals surface area (Å²) in [4.78, 5) is 13.7. The molecule has 1 N–H and O–H groups in total. The highest BCUT2D eigenvalue weighted by Gasteiger charge is 2.37. The van der Waals surface area contributed by atoms with E-state index in [1.54, 1.807) is 0 Å². The molecule has 0 aromatic rings. The van der Waals surface area contributed by atoms with Crippen molar-refractivity contribution in [1.29, 1.82) is 0 Å². The summed E-state index contributed by atoms with van der Waals surface area (Å²) in [5.74, 6) is 0.842. The van der Waals surface area contributed by atoms with Gasteiger partial charge in [0.25, 0.3) is 0 Å². The first-order chi connectivity index (χ1) is 8.50. The molecule has 0 aromatic heterocycles. The molecule has 1 heterocycles. The zero-order valence-electron chi connectivity index (χ0n) is 11.9. The Morgan fingerprint density at radius 3 is 2.50 bits per heavy atom. The maximum atomic E-state index is 11.1. The minimum absolute atomic E-state index is 0.118. The molecule has 1 saturated carbocycles. The van der Waals surface area contributed by atoms with Crippen molar-refractivity contribution >= 4 is 5.97 Å². The van der Waals surface area contributed by atoms with Crippen LogP contribution >= 0.6 is 0 Å². The van der Waals surface area contributed by atoms with Crippen molar-refractivity contribution in [3.8, 4) is 0 Å². The molecule has 0 amide bonds. The minimum Gasteiger partial charge on any atom is -0.481 e. The van der Waals surface area contributed by atoms with Crippen LogP contribution in [0, 0.1) is 17.8 Å². The van der Waals surface area contributed by atoms with Gasteiger partial charge < -0.3 is 5.11 Å². The molecule has 104 valence electrons. The highest BCUT2D eigenvalue weighted by atomic mass is 16.4. The van der Waals surface area contributed by atoms with E-state index in [0.717, 1.165) is 31.2 Å². The number of nitrogens with zero attached hydrogens (tertiary/aromatic N) is 1. The van der Waals surface area contributed by atoms with Gasteiger partial charge in [0, 0.05) is 12.1 Å². The maximum Gasteiger partial charge on any atom is 0.306 e. The number of aliphatic carboxylic acids is 1. The van der Waals surface area contributed by atoms with E-state index in [4.69, 9.17) is 5.11 Å². The van der Waals surface area contributed by atoms with Gasteiger partial charge in [-0.1, -0.05) is 26.7 Å². The number of rotatable bonds is 2. The summed E-state index contributed by atoms with van der Waals surface area (Å²) in [6.07, 6.45) is 5.65. The van der Waals surface area contributed by atoms with E-state index in [-0.39, 0.29) is 5.92 Å². The molecular formula is C15H27NO2. The van der Waals surface area contributed by atoms with Crippen LogP contribution < -0.4 is 0 Å². The Labute approximate surface area is 111 Å². The molecule has 0 aromatic carbocycles. The predicted molar refractivity (Wildman–Crippen MR) is 72.5 cm³/mol. The topological polar surface area (TPSA) is 40.5 Å². The smallest absolute Gasteiger partial charge is 0.306 e. The van der Waals surface area contributed by atoms with Crippen molar-refractivity contribution in [3.05, 3.63) is 0 Å². The third kappa shape index (κ3) is 2.71. The zero-order valence-corrected chi connectivity index (χ0v) is 11.9. The van der Waals surface area contributed by atoms with E-state index in [0.29, 0.717) is 12.1 Å². The third-order valence-electron chi connectivity index (χ3n) is 5.37. The molecule has 2 aliphatic rings. The molecule has 0 spiro atoms. The van der Waals surface area contributed by atoms with Crippen LogP contribution in [0.25, 0.3) is 0 Å². The van der Waals surface area contributed by atoms with Crippen molar-refractivity contribution < 1.29 is 9.90 Å². The Morgan fingerprint density at radius 2 is 1.89 bits per heavy atom. The fourth-order valence-electron chi connectivity index (χ4n) is 3.93. The van der Waals surface area contributed by atoms with Crippen molar-refractivity contribution in [2.45, 2.75) is 65.0 Å². The first-order valence-corrected chi connectivity index (χ1v) is 7.49. The number of carboxylic acids is 1. The molecule has 5 atom stereocenters. The van der Waals surface area contributed by atoms with Crippen molar-refractivity contribution in [3.63, 3.8) is 0 Å². The van der Waals surface area contributed by atoms with E-state index in [1.165, 1.54) is 19.3 Å². The quantitative estimate of drug-likeness (QED) is 0.822. The Kier molecular flexibility index (Phi) is 4.31. The molecule has 18 heavy (non-hydrogen) atoms. The molecule has 2 fully saturated rings. The molecule has 0 radical (unpaired) electrons. The molecule has 3 nitrogen and oxygen atoms in total. The van der Waals surface area contributed by atoms with Gasteiger partial charge in [0.2, 0.25) is 0 Å². The van der Waals surface area contributed by atoms with Crippen LogP contribution in [-0.2, 0) is 4.79 Å². The van der Waals surface area contributed by atoms with Gasteiger partial charge >= 0.3 is 5.97 Å². The first kappa shape index (κ1) is 13.9. The van der Waals surface area contributed by atoms with E-state index in [1.807, 2.05) is 0 Å². The molecule has 1 saturated heterocycles. The van der Waals surface area contributed by atoms with Crippen LogP contribution in [0.1, 0.15) is 52.9 Å². The highest BCUT2D eigenvalue weighted by Crippen LogP contribution is 2.36. The third-order valence-corrected chi connectivity index (χ3v) is 5.37. The Balaban J connectivity index is 1.99. The van der Waals surface area contributed by atoms with Crippen LogP contribution in [0.5, 0.6) is 0 Å². The predicted octanol–water partition coefficient (Wildman–Crippen LogP) is 3.00. The second kappa shape index (κ2) is 5.60. The summed E-state index contributed by atoms with van der Waals surface area (Å²) in [7, 11) is 0. The second-order valence-electron chi connectivity index (χ2n) is 6.48. The summed E-state index contributed by atoms with van der Waals surface area (Å²) in [5, 5.41) is 9.13. The lowest BCUT2D eigenvalue weighted by molar-refractivity contribution is -0.144. The average Bonchev–Trinajstić information content (AvgIpc) is 2.33. The van der Waals surface area contributed by atoms with Gasteiger partial charge in [-0.25, -0.2) is 0 Å². The van der Waals surface area contributed by atoms with Crippen LogP contribution in [0.2, 0.25) is 0 Å². The van der Waals surface area contributed by atoms with Gasteiger partial charge in [-0.2, -0.15) is 0 Å². The van der Waals surface area contributed by atoms with Gasteiger partial charge in [-0.05, 0) is 44.6 Å². The van der Waals surface area contributed by atoms with E-state index >= 15 is 0 Å². The normalized spacial score (nSPS) is 42.7. The molecule has 1 aliphatic carbocycles. The fourth-order valence-corrected chi connectivity index (χ4v) is 3.93. The summed E-state index contributed by atoms with van der Waals surface area (Å²) >= 11 is 0. The van der Waals surface area contributed by atoms with E-state index in [9.17, 15) is 4.79 Å². The largest absolute Gasteiger partial charge is 0.481 e. The lowest BCUT2D eigenvalue weighted by Gasteiger charge is -2.47. The molecule has 0 bridgehead atoms. The van der Waals surface area contributed by atoms with Gasteiger partial charge in [-0.3, -0.25) is 9.69 Å². The summed E-state index contributed by atoms with van der Waals surface area (Å²) < 4.78 is 0. The number of likely N-dealkylation sites (tertiary alicyclic amines) is 1. The van der Waals surface area contributed by atoms with Gasteiger partial charge in [-0.15, -0.1) is 0 Å². The van der Waals surface area contributed by atoms with Crippen LogP contribution in [-0.4, -0.2) is 34.6 Å². The van der Waals surface area contributed by atoms with Gasteiger partial charge in [0.1, 0.15) is 0 Å². The SMILES string of the molecule is CC1CCCC(N2CCC(C(=O)O)CC2C)C1C. The monoisotopic (exact) mass is 253 g/mol. The number of carbonyl (C=O) groups is 1. The van der Waals surface area contributed by atoms with E-state index < -0.39 is 5.97 Å². The Hall–Kier alpha value is -0.570. The molecule has 5 unspecified atom stereocenters. The fraction of sp³-hybridized carbons (Fsp3) is 0.933. The molecule has 3 heteroatoms. The molecule has 2 rings (SSSR count). The van der Waals surface area contributed by atoms with E-state index in [2.05, 4.69) is 25.7 Å². The first-order valence-electron chi connectivity index (χ1n) is 7.49. The summed E-state index contributed by atoms with van der Waals surface area (Å²) in [6.45, 7) is 7.93. The highest BCUT2D eigenvalue weighted by molar-refractivity contribution is 5.70. The number of hydrogen-bond donors (Lipinski definition) is 1. The van der Waals surface area contributed by atoms with Crippen molar-refractivity contribution in [2.75, 3.05) is 6.54 Å². The zero-order chi connectivity index (χ0) is 13.3. The molecular weight excluding hydrogens is 226 g/mol. The average molecular weight is 253 g/mol. The van der Waals surface area contributed by atoms with Crippen LogP contribution in [0.4, 0.5) is 0 Å². The lowest BCUT2D eigenvalue weighted by Crippen LogP contribution is -2.52. The summed E-state index contributed by atoms with van der Waals surface area (Å²) in [6, 6.07) is 1.11. The second-order valence-corrected chi connectivity index (χ2v) is 6.48. The maximum absolute atomic E-state index is 11.1. The van der Waals surface area contributed by atoms with Gasteiger partial charge in [0.15, 0.2) is 0 Å². The van der Waals surface area contributed by atoms with Crippen LogP contribution in [0.15, 0.2) is 0 Å². The summed E-state index contributed by atoms with van der Waals surface area (Å²) in [5.41, 5.74) is 0. The molecule has 1 aliphatic heterocycles. The lowest BCUT2D eigenvalue weighted by atomic mass is 9.76. The number of carboxylic acid groups (broad SMARTS) is 1. The van der Waals surface area contributed by atoms with Gasteiger partial charge in [0.05, 0.1) is 5.92 Å².